The molecule has 0 aliphatic carbocycles. The smallest absolute Gasteiger partial charge is 0.234 e. The Morgan fingerprint density at radius 2 is 1.78 bits per heavy atom. The second-order valence-electron chi connectivity index (χ2n) is 13.4. The van der Waals surface area contributed by atoms with Crippen LogP contribution in [0, 0.1) is 5.82 Å². The number of amides is 2. The average Bonchev–Trinajstić information content (AvgIpc) is 3.49. The van der Waals surface area contributed by atoms with E-state index in [2.05, 4.69) is 44.2 Å². The molecule has 3 fully saturated rings. The highest BCUT2D eigenvalue weighted by Crippen LogP contribution is 2.32. The van der Waals surface area contributed by atoms with Crippen molar-refractivity contribution < 1.29 is 18.7 Å². The number of benzene rings is 1. The lowest BCUT2D eigenvalue weighted by Gasteiger charge is -2.35. The van der Waals surface area contributed by atoms with Crippen molar-refractivity contribution in [2.75, 3.05) is 61.5 Å². The van der Waals surface area contributed by atoms with Gasteiger partial charge in [0.1, 0.15) is 17.5 Å². The van der Waals surface area contributed by atoms with Gasteiger partial charge < -0.3 is 19.9 Å². The maximum absolute atomic E-state index is 15.1. The Balaban J connectivity index is 1.01. The Morgan fingerprint density at radius 1 is 0.980 bits per heavy atom. The monoisotopic (exact) mass is 670 g/mol. The molecule has 0 spiro atoms. The van der Waals surface area contributed by atoms with Gasteiger partial charge in [-0.25, -0.2) is 14.4 Å². The molecule has 7 rings (SSSR count). The molecule has 13 nitrogen and oxygen atoms in total. The summed E-state index contributed by atoms with van der Waals surface area (Å²) in [4.78, 5) is 44.6. The molecule has 1 unspecified atom stereocenters. The number of halogens is 1. The first kappa shape index (κ1) is 32.8. The van der Waals surface area contributed by atoms with E-state index in [1.165, 1.54) is 6.07 Å². The zero-order valence-corrected chi connectivity index (χ0v) is 28.2. The highest BCUT2D eigenvalue weighted by Gasteiger charge is 2.30. The lowest BCUT2D eigenvalue weighted by Crippen LogP contribution is -2.46. The number of rotatable bonds is 9. The van der Waals surface area contributed by atoms with E-state index in [1.807, 2.05) is 29.1 Å². The second kappa shape index (κ2) is 14.0. The van der Waals surface area contributed by atoms with Crippen LogP contribution in [0.15, 0.2) is 42.7 Å². The van der Waals surface area contributed by atoms with Crippen LogP contribution in [0.3, 0.4) is 0 Å². The molecule has 0 saturated carbocycles. The Hall–Kier alpha value is -4.69. The van der Waals surface area contributed by atoms with Crippen LogP contribution in [0.25, 0.3) is 10.9 Å². The van der Waals surface area contributed by atoms with Gasteiger partial charge in [-0.3, -0.25) is 24.5 Å². The van der Waals surface area contributed by atoms with Gasteiger partial charge in [0.05, 0.1) is 22.9 Å². The quantitative estimate of drug-likeness (QED) is 0.249. The van der Waals surface area contributed by atoms with Crippen molar-refractivity contribution in [3.05, 3.63) is 59.7 Å². The fourth-order valence-electron chi connectivity index (χ4n) is 7.02. The van der Waals surface area contributed by atoms with E-state index in [1.54, 1.807) is 19.4 Å². The standard InChI is InChI=1S/C35H43FN10O3/c1-22(2)46-29-19-31(39-30-8-11-37-35(40-30)45-12-9-24(49-3)10-13-45)38-20-27(29)33(42-46)44-16-14-43(15-17-44)21-23-4-5-25(28(36)18-23)26-6-7-32(47)41-34(26)48/h4-5,8,11,18-20,22,24,26H,6-7,9-10,12-17,21H2,1-3H3,(H,41,47,48)(H,37,38,39,40). The predicted octanol–water partition coefficient (Wildman–Crippen LogP) is 4.14. The van der Waals surface area contributed by atoms with Gasteiger partial charge in [-0.15, -0.1) is 0 Å². The maximum atomic E-state index is 15.1. The predicted molar refractivity (Wildman–Crippen MR) is 184 cm³/mol. The van der Waals surface area contributed by atoms with Crippen molar-refractivity contribution in [1.29, 1.82) is 0 Å². The van der Waals surface area contributed by atoms with Gasteiger partial charge in [-0.2, -0.15) is 10.1 Å². The number of nitrogens with one attached hydrogen (secondary N) is 2. The number of aromatic nitrogens is 5. The minimum Gasteiger partial charge on any atom is -0.381 e. The third-order valence-electron chi connectivity index (χ3n) is 9.78. The number of pyridine rings is 1. The summed E-state index contributed by atoms with van der Waals surface area (Å²) in [5.41, 5.74) is 2.19. The average molecular weight is 671 g/mol. The van der Waals surface area contributed by atoms with Gasteiger partial charge in [0, 0.05) is 89.4 Å². The van der Waals surface area contributed by atoms with Crippen LogP contribution in [0.5, 0.6) is 0 Å². The van der Waals surface area contributed by atoms with Crippen molar-refractivity contribution >= 4 is 46.1 Å². The first-order valence-electron chi connectivity index (χ1n) is 17.1. The van der Waals surface area contributed by atoms with Crippen LogP contribution in [0.1, 0.15) is 62.6 Å². The number of piperazine rings is 1. The molecular weight excluding hydrogens is 627 g/mol. The molecule has 14 heteroatoms. The fourth-order valence-corrected chi connectivity index (χ4v) is 7.02. The topological polar surface area (TPSA) is 134 Å². The minimum absolute atomic E-state index is 0.145. The van der Waals surface area contributed by atoms with E-state index < -0.39 is 17.6 Å². The van der Waals surface area contributed by atoms with Gasteiger partial charge in [0.15, 0.2) is 5.82 Å². The lowest BCUT2D eigenvalue weighted by molar-refractivity contribution is -0.134. The number of carbonyl (C=O) groups excluding carboxylic acids is 2. The molecular formula is C35H43FN10O3. The third-order valence-corrected chi connectivity index (χ3v) is 9.78. The van der Waals surface area contributed by atoms with Crippen molar-refractivity contribution in [1.82, 2.24) is 34.9 Å². The first-order chi connectivity index (χ1) is 23.7. The molecule has 0 bridgehead atoms. The van der Waals surface area contributed by atoms with E-state index in [9.17, 15) is 9.59 Å². The van der Waals surface area contributed by atoms with Crippen LogP contribution in [0.2, 0.25) is 0 Å². The molecule has 6 heterocycles. The van der Waals surface area contributed by atoms with Gasteiger partial charge >= 0.3 is 0 Å². The van der Waals surface area contributed by atoms with Crippen LogP contribution < -0.4 is 20.4 Å². The molecule has 3 aliphatic heterocycles. The lowest BCUT2D eigenvalue weighted by atomic mass is 9.89. The number of carbonyl (C=O) groups is 2. The molecule has 3 saturated heterocycles. The normalized spacial score (nSPS) is 19.6. The minimum atomic E-state index is -0.633. The fraction of sp³-hybridized carbons (Fsp3) is 0.486. The largest absolute Gasteiger partial charge is 0.381 e. The van der Waals surface area contributed by atoms with E-state index >= 15 is 4.39 Å². The summed E-state index contributed by atoms with van der Waals surface area (Å²) in [5, 5.41) is 11.7. The number of methoxy groups -OCH3 is 1. The zero-order chi connectivity index (χ0) is 34.1. The number of nitrogens with zero attached hydrogens (tertiary/aromatic N) is 8. The highest BCUT2D eigenvalue weighted by molar-refractivity contribution is 6.01. The Morgan fingerprint density at radius 3 is 2.49 bits per heavy atom. The molecule has 2 amide bonds. The Kier molecular flexibility index (Phi) is 9.41. The number of piperidine rings is 2. The van der Waals surface area contributed by atoms with Gasteiger partial charge in [0.2, 0.25) is 17.8 Å². The molecule has 4 aromatic rings. The van der Waals surface area contributed by atoms with Crippen molar-refractivity contribution in [2.24, 2.45) is 0 Å². The number of hydrogen-bond donors (Lipinski definition) is 2. The Bertz CT molecular complexity index is 1830. The summed E-state index contributed by atoms with van der Waals surface area (Å²) in [7, 11) is 1.76. The van der Waals surface area contributed by atoms with E-state index in [4.69, 9.17) is 19.8 Å². The molecule has 3 aromatic heterocycles. The van der Waals surface area contributed by atoms with Gasteiger partial charge in [0.25, 0.3) is 0 Å². The summed E-state index contributed by atoms with van der Waals surface area (Å²) in [6.45, 7) is 9.68. The van der Waals surface area contributed by atoms with Crippen LogP contribution in [-0.2, 0) is 20.9 Å². The van der Waals surface area contributed by atoms with Crippen LogP contribution in [-0.4, -0.2) is 93.9 Å². The number of hydrogen-bond acceptors (Lipinski definition) is 11. The number of fused-ring (bicyclic) bond motifs is 1. The van der Waals surface area contributed by atoms with Gasteiger partial charge in [-0.1, -0.05) is 12.1 Å². The first-order valence-corrected chi connectivity index (χ1v) is 17.1. The Labute approximate surface area is 284 Å². The molecule has 49 heavy (non-hydrogen) atoms. The molecule has 1 aromatic carbocycles. The number of ether oxygens (including phenoxy) is 1. The molecule has 0 radical (unpaired) electrons. The van der Waals surface area contributed by atoms with E-state index in [-0.39, 0.29) is 24.5 Å². The van der Waals surface area contributed by atoms with Crippen molar-refractivity contribution in [3.8, 4) is 0 Å². The molecule has 3 aliphatic rings. The van der Waals surface area contributed by atoms with Crippen LogP contribution >= 0.6 is 0 Å². The zero-order valence-electron chi connectivity index (χ0n) is 28.2. The summed E-state index contributed by atoms with van der Waals surface area (Å²) < 4.78 is 22.7. The maximum Gasteiger partial charge on any atom is 0.234 e. The van der Waals surface area contributed by atoms with E-state index in [0.717, 1.165) is 74.4 Å². The van der Waals surface area contributed by atoms with Gasteiger partial charge in [-0.05, 0) is 50.8 Å². The van der Waals surface area contributed by atoms with Crippen molar-refractivity contribution in [3.63, 3.8) is 0 Å². The van der Waals surface area contributed by atoms with Crippen molar-refractivity contribution in [2.45, 2.75) is 64.1 Å². The van der Waals surface area contributed by atoms with Crippen LogP contribution in [0.4, 0.5) is 27.8 Å². The summed E-state index contributed by atoms with van der Waals surface area (Å²) >= 11 is 0. The summed E-state index contributed by atoms with van der Waals surface area (Å²) in [6.07, 6.45) is 6.40. The summed E-state index contributed by atoms with van der Waals surface area (Å²) in [6, 6.07) is 9.12. The summed E-state index contributed by atoms with van der Waals surface area (Å²) in [5.74, 6) is 1.21. The SMILES string of the molecule is COC1CCN(c2nccc(Nc3cc4c(cn3)c(N3CCN(Cc5ccc(C6CCC(=O)NC6=O)c(F)c5)CC3)nn4C(C)C)n2)CC1. The number of anilines is 4. The van der Waals surface area contributed by atoms with E-state index in [0.29, 0.717) is 36.1 Å². The molecule has 258 valence electrons. The third kappa shape index (κ3) is 7.06. The highest BCUT2D eigenvalue weighted by atomic mass is 19.1. The second-order valence-corrected chi connectivity index (χ2v) is 13.4. The molecule has 1 atom stereocenters. The number of imide groups is 1. The molecule has 2 N–H and O–H groups in total.